The van der Waals surface area contributed by atoms with Crippen molar-refractivity contribution in [2.24, 2.45) is 5.92 Å². The number of fused-ring (bicyclic) bond motifs is 2. The molecule has 32 heavy (non-hydrogen) atoms. The molecule has 1 aromatic heterocycles. The first-order valence-electron chi connectivity index (χ1n) is 11.9. The molecule has 4 rings (SSSR count). The number of piperidine rings is 1. The number of hydrogen-bond acceptors (Lipinski definition) is 3. The highest BCUT2D eigenvalue weighted by Crippen LogP contribution is 2.49. The molecule has 2 aliphatic rings. The van der Waals surface area contributed by atoms with Gasteiger partial charge in [0.05, 0.1) is 0 Å². The lowest BCUT2D eigenvalue weighted by Gasteiger charge is -2.51. The molecule has 2 atom stereocenters. The number of nitrogens with one attached hydrogen (secondary N) is 1. The fourth-order valence-electron chi connectivity index (χ4n) is 6.02. The van der Waals surface area contributed by atoms with Crippen molar-refractivity contribution < 1.29 is 9.90 Å². The van der Waals surface area contributed by atoms with E-state index in [0.717, 1.165) is 63.2 Å². The molecule has 0 unspecified atom stereocenters. The predicted octanol–water partition coefficient (Wildman–Crippen LogP) is 4.70. The number of benzene rings is 1. The number of carbonyl (C=O) groups is 1. The van der Waals surface area contributed by atoms with Gasteiger partial charge in [-0.1, -0.05) is 19.1 Å². The highest BCUT2D eigenvalue weighted by Gasteiger charge is 2.48. The molecule has 1 aliphatic carbocycles. The fraction of sp³-hybridized carbons (Fsp3) is 0.577. The molecule has 1 fully saturated rings. The minimum Gasteiger partial charge on any atom is -0.508 e. The van der Waals surface area contributed by atoms with Crippen molar-refractivity contribution in [2.75, 3.05) is 32.7 Å². The largest absolute Gasteiger partial charge is 0.508 e. The summed E-state index contributed by atoms with van der Waals surface area (Å²) in [6.07, 6.45) is 4.14. The van der Waals surface area contributed by atoms with E-state index in [-0.39, 0.29) is 23.7 Å². The molecule has 0 spiro atoms. The number of rotatable bonds is 6. The Balaban J connectivity index is 0.00000289. The zero-order valence-corrected chi connectivity index (χ0v) is 20.7. The Hall–Kier alpha value is -1.98. The number of amides is 1. The van der Waals surface area contributed by atoms with E-state index in [2.05, 4.69) is 29.8 Å². The third kappa shape index (κ3) is 4.17. The molecule has 0 radical (unpaired) electrons. The fourth-order valence-corrected chi connectivity index (χ4v) is 6.02. The number of nitrogens with zero attached hydrogens (tertiary/aromatic N) is 2. The van der Waals surface area contributed by atoms with E-state index in [1.807, 2.05) is 30.9 Å². The van der Waals surface area contributed by atoms with Crippen LogP contribution in [0.4, 0.5) is 0 Å². The summed E-state index contributed by atoms with van der Waals surface area (Å²) in [6, 6.07) is 7.88. The van der Waals surface area contributed by atoms with Gasteiger partial charge in [-0.15, -0.1) is 12.4 Å². The predicted molar refractivity (Wildman–Crippen MR) is 132 cm³/mol. The monoisotopic (exact) mass is 459 g/mol. The van der Waals surface area contributed by atoms with Crippen LogP contribution in [-0.4, -0.2) is 58.5 Å². The molecule has 6 heteroatoms. The first-order valence-corrected chi connectivity index (χ1v) is 11.9. The maximum Gasteiger partial charge on any atom is 0.270 e. The number of H-pyrrole nitrogens is 1. The van der Waals surface area contributed by atoms with Crippen LogP contribution in [-0.2, 0) is 18.3 Å². The molecule has 5 nitrogen and oxygen atoms in total. The second-order valence-corrected chi connectivity index (χ2v) is 9.39. The molecule has 1 aliphatic heterocycles. The van der Waals surface area contributed by atoms with E-state index >= 15 is 0 Å². The van der Waals surface area contributed by atoms with Crippen LogP contribution in [0.3, 0.4) is 0 Å². The van der Waals surface area contributed by atoms with E-state index < -0.39 is 0 Å². The van der Waals surface area contributed by atoms with E-state index in [1.54, 1.807) is 6.07 Å². The SMILES string of the molecule is CCCN1CC[C@@]2(c3cccc(O)c3)Cc3[nH]c(C(=O)N(CC)CC)c(C)c3C[C@@H]2C1.Cl. The second kappa shape index (κ2) is 9.88. The van der Waals surface area contributed by atoms with Crippen molar-refractivity contribution in [3.8, 4) is 5.75 Å². The third-order valence-corrected chi connectivity index (χ3v) is 7.77. The Morgan fingerprint density at radius 2 is 2.03 bits per heavy atom. The third-order valence-electron chi connectivity index (χ3n) is 7.77. The first-order chi connectivity index (χ1) is 14.9. The van der Waals surface area contributed by atoms with Gasteiger partial charge in [0, 0.05) is 30.7 Å². The van der Waals surface area contributed by atoms with Crippen LogP contribution in [0.1, 0.15) is 66.5 Å². The van der Waals surface area contributed by atoms with E-state index in [9.17, 15) is 9.90 Å². The van der Waals surface area contributed by atoms with Gasteiger partial charge in [0.1, 0.15) is 11.4 Å². The van der Waals surface area contributed by atoms with Gasteiger partial charge < -0.3 is 19.9 Å². The van der Waals surface area contributed by atoms with Crippen LogP contribution in [0.25, 0.3) is 0 Å². The number of aromatic amines is 1. The first kappa shape index (κ1) is 24.7. The van der Waals surface area contributed by atoms with Crippen molar-refractivity contribution in [3.63, 3.8) is 0 Å². The number of aromatic nitrogens is 1. The normalized spacial score (nSPS) is 22.6. The molecule has 1 aromatic carbocycles. The number of likely N-dealkylation sites (tertiary alicyclic amines) is 1. The molecular formula is C26H38ClN3O2. The Morgan fingerprint density at radius 3 is 2.69 bits per heavy atom. The number of halogens is 1. The van der Waals surface area contributed by atoms with Crippen LogP contribution >= 0.6 is 12.4 Å². The zero-order chi connectivity index (χ0) is 22.2. The van der Waals surface area contributed by atoms with Gasteiger partial charge in [-0.05, 0) is 94.3 Å². The smallest absolute Gasteiger partial charge is 0.270 e. The maximum atomic E-state index is 13.1. The molecule has 1 saturated heterocycles. The molecule has 2 N–H and O–H groups in total. The van der Waals surface area contributed by atoms with Gasteiger partial charge in [-0.3, -0.25) is 4.79 Å². The van der Waals surface area contributed by atoms with Crippen LogP contribution in [0.2, 0.25) is 0 Å². The minimum absolute atomic E-state index is 0. The van der Waals surface area contributed by atoms with Gasteiger partial charge in [0.25, 0.3) is 5.91 Å². The average molecular weight is 460 g/mol. The Morgan fingerprint density at radius 1 is 1.28 bits per heavy atom. The number of phenolic OH excluding ortho intramolecular Hbond substituents is 1. The van der Waals surface area contributed by atoms with Crippen LogP contribution in [0, 0.1) is 12.8 Å². The van der Waals surface area contributed by atoms with Gasteiger partial charge in [0.15, 0.2) is 0 Å². The van der Waals surface area contributed by atoms with Crippen molar-refractivity contribution in [1.82, 2.24) is 14.8 Å². The summed E-state index contributed by atoms with van der Waals surface area (Å²) in [4.78, 5) is 21.2. The lowest BCUT2D eigenvalue weighted by Crippen LogP contribution is -2.53. The van der Waals surface area contributed by atoms with E-state index in [0.29, 0.717) is 11.7 Å². The summed E-state index contributed by atoms with van der Waals surface area (Å²) < 4.78 is 0. The Labute approximate surface area is 198 Å². The maximum absolute atomic E-state index is 13.1. The lowest BCUT2D eigenvalue weighted by molar-refractivity contribution is 0.0766. The van der Waals surface area contributed by atoms with Crippen LogP contribution in [0.15, 0.2) is 24.3 Å². The van der Waals surface area contributed by atoms with Gasteiger partial charge in [-0.2, -0.15) is 0 Å². The highest BCUT2D eigenvalue weighted by molar-refractivity contribution is 5.94. The average Bonchev–Trinajstić information content (AvgIpc) is 3.08. The van der Waals surface area contributed by atoms with E-state index in [4.69, 9.17) is 0 Å². The summed E-state index contributed by atoms with van der Waals surface area (Å²) in [5.74, 6) is 0.930. The Kier molecular flexibility index (Phi) is 7.61. The van der Waals surface area contributed by atoms with Crippen LogP contribution < -0.4 is 0 Å². The number of phenols is 1. The summed E-state index contributed by atoms with van der Waals surface area (Å²) in [7, 11) is 0. The summed E-state index contributed by atoms with van der Waals surface area (Å²) in [5.41, 5.74) is 5.70. The zero-order valence-electron chi connectivity index (χ0n) is 19.9. The molecule has 2 aromatic rings. The van der Waals surface area contributed by atoms with Crippen molar-refractivity contribution in [2.45, 2.75) is 58.8 Å². The van der Waals surface area contributed by atoms with Gasteiger partial charge in [0.2, 0.25) is 0 Å². The molecule has 2 heterocycles. The number of hydrogen-bond donors (Lipinski definition) is 2. The highest BCUT2D eigenvalue weighted by atomic mass is 35.5. The molecule has 176 valence electrons. The van der Waals surface area contributed by atoms with Crippen molar-refractivity contribution in [1.29, 1.82) is 0 Å². The van der Waals surface area contributed by atoms with Crippen LogP contribution in [0.5, 0.6) is 5.75 Å². The molecular weight excluding hydrogens is 422 g/mol. The quantitative estimate of drug-likeness (QED) is 0.658. The van der Waals surface area contributed by atoms with E-state index in [1.165, 1.54) is 23.2 Å². The topological polar surface area (TPSA) is 59.6 Å². The Bertz CT molecular complexity index is 953. The number of carbonyl (C=O) groups excluding carboxylic acids is 1. The van der Waals surface area contributed by atoms with Gasteiger partial charge >= 0.3 is 0 Å². The van der Waals surface area contributed by atoms with Crippen molar-refractivity contribution in [3.05, 3.63) is 52.3 Å². The standard InChI is InChI=1S/C26H37N3O2.ClH/c1-5-12-28-13-11-26(19-9-8-10-21(30)14-19)16-23-22(15-20(26)17-28)18(4)24(27-23)25(31)29(6-2)7-3;/h8-10,14,20,27,30H,5-7,11-13,15-17H2,1-4H3;1H/t20-,26+;/m1./s1. The minimum atomic E-state index is 0. The van der Waals surface area contributed by atoms with Crippen molar-refractivity contribution >= 4 is 18.3 Å². The lowest BCUT2D eigenvalue weighted by atomic mass is 9.58. The molecule has 1 amide bonds. The summed E-state index contributed by atoms with van der Waals surface area (Å²) >= 11 is 0. The summed E-state index contributed by atoms with van der Waals surface area (Å²) in [6.45, 7) is 13.2. The second-order valence-electron chi connectivity index (χ2n) is 9.39. The summed E-state index contributed by atoms with van der Waals surface area (Å²) in [5, 5.41) is 10.2. The number of aromatic hydroxyl groups is 1. The molecule has 0 bridgehead atoms. The molecule has 0 saturated carbocycles. The van der Waals surface area contributed by atoms with Gasteiger partial charge in [-0.25, -0.2) is 0 Å².